The molecule has 7 heteroatoms. The van der Waals surface area contributed by atoms with Gasteiger partial charge in [-0.25, -0.2) is 9.19 Å². The lowest BCUT2D eigenvalue weighted by Gasteiger charge is -2.24. The SMILES string of the molecule is C/C(=N/[S@](=O)C(C)(C)C)c1cc(C)cc2c(=O)n(C)c(C3CCOCC3)nc12. The van der Waals surface area contributed by atoms with Crippen LogP contribution in [0.2, 0.25) is 0 Å². The van der Waals surface area contributed by atoms with Gasteiger partial charge in [0.2, 0.25) is 0 Å². The van der Waals surface area contributed by atoms with Gasteiger partial charge in [0.1, 0.15) is 16.8 Å². The van der Waals surface area contributed by atoms with Gasteiger partial charge in [-0.05, 0) is 65.2 Å². The standard InChI is InChI=1S/C21H29N3O3S/c1-13-11-16(14(2)23-28(26)21(3,4)5)18-17(12-13)20(25)24(6)19(22-18)15-7-9-27-10-8-15/h11-12,15H,7-10H2,1-6H3/b23-14-/t28-/m1/s1. The molecule has 6 nitrogen and oxygen atoms in total. The molecule has 2 aromatic rings. The second kappa shape index (κ2) is 7.87. The summed E-state index contributed by atoms with van der Waals surface area (Å²) in [7, 11) is 0.412. The van der Waals surface area contributed by atoms with Gasteiger partial charge < -0.3 is 4.74 Å². The second-order valence-electron chi connectivity index (χ2n) is 8.47. The minimum atomic E-state index is -1.38. The zero-order chi connectivity index (χ0) is 20.6. The molecule has 0 radical (unpaired) electrons. The fraction of sp³-hybridized carbons (Fsp3) is 0.571. The van der Waals surface area contributed by atoms with Crippen LogP contribution in [0, 0.1) is 6.92 Å². The molecule has 0 amide bonds. The Bertz CT molecular complexity index is 1010. The normalized spacial score (nSPS) is 17.9. The number of benzene rings is 1. The van der Waals surface area contributed by atoms with Crippen LogP contribution >= 0.6 is 0 Å². The highest BCUT2D eigenvalue weighted by Gasteiger charge is 2.24. The summed E-state index contributed by atoms with van der Waals surface area (Å²) in [6, 6.07) is 3.84. The predicted molar refractivity (Wildman–Crippen MR) is 115 cm³/mol. The molecular formula is C21H29N3O3S. The Kier molecular flexibility index (Phi) is 5.87. The fourth-order valence-corrected chi connectivity index (χ4v) is 4.06. The molecule has 28 heavy (non-hydrogen) atoms. The third-order valence-corrected chi connectivity index (χ3v) is 6.57. The fourth-order valence-electron chi connectivity index (χ4n) is 3.44. The Morgan fingerprint density at radius 3 is 2.54 bits per heavy atom. The lowest BCUT2D eigenvalue weighted by molar-refractivity contribution is 0.0828. The predicted octanol–water partition coefficient (Wildman–Crippen LogP) is 3.41. The lowest BCUT2D eigenvalue weighted by atomic mass is 9.98. The summed E-state index contributed by atoms with van der Waals surface area (Å²) in [6.07, 6.45) is 1.71. The van der Waals surface area contributed by atoms with Crippen LogP contribution in [0.3, 0.4) is 0 Å². The first-order valence-electron chi connectivity index (χ1n) is 9.66. The topological polar surface area (TPSA) is 73.5 Å². The Morgan fingerprint density at radius 1 is 1.29 bits per heavy atom. The van der Waals surface area contributed by atoms with Gasteiger partial charge in [-0.1, -0.05) is 0 Å². The van der Waals surface area contributed by atoms with E-state index in [-0.39, 0.29) is 11.5 Å². The Hall–Kier alpha value is -1.86. The van der Waals surface area contributed by atoms with Crippen LogP contribution in [-0.4, -0.2) is 37.4 Å². The molecule has 1 aliphatic rings. The van der Waals surface area contributed by atoms with Crippen molar-refractivity contribution in [2.24, 2.45) is 11.4 Å². The molecule has 1 saturated heterocycles. The van der Waals surface area contributed by atoms with Gasteiger partial charge in [-0.2, -0.15) is 4.40 Å². The van der Waals surface area contributed by atoms with Crippen LogP contribution in [0.1, 0.15) is 63.4 Å². The minimum absolute atomic E-state index is 0.0545. The van der Waals surface area contributed by atoms with Crippen LogP contribution < -0.4 is 5.56 Å². The highest BCUT2D eigenvalue weighted by Crippen LogP contribution is 2.27. The number of hydrogen-bond donors (Lipinski definition) is 0. The van der Waals surface area contributed by atoms with E-state index in [9.17, 15) is 9.00 Å². The Labute approximate surface area is 168 Å². The van der Waals surface area contributed by atoms with Gasteiger partial charge in [0.15, 0.2) is 0 Å². The van der Waals surface area contributed by atoms with Gasteiger partial charge in [0.25, 0.3) is 5.56 Å². The smallest absolute Gasteiger partial charge is 0.261 e. The van der Waals surface area contributed by atoms with Gasteiger partial charge in [-0.3, -0.25) is 9.36 Å². The van der Waals surface area contributed by atoms with E-state index in [0.29, 0.717) is 29.8 Å². The monoisotopic (exact) mass is 403 g/mol. The number of fused-ring (bicyclic) bond motifs is 1. The lowest BCUT2D eigenvalue weighted by Crippen LogP contribution is -2.27. The summed E-state index contributed by atoms with van der Waals surface area (Å²) in [5.41, 5.74) is 2.96. The number of aryl methyl sites for hydroxylation is 1. The molecule has 2 heterocycles. The van der Waals surface area contributed by atoms with Crippen LogP contribution in [0.25, 0.3) is 10.9 Å². The van der Waals surface area contributed by atoms with Gasteiger partial charge in [0.05, 0.1) is 21.4 Å². The quantitative estimate of drug-likeness (QED) is 0.736. The van der Waals surface area contributed by atoms with Crippen LogP contribution in [-0.2, 0) is 22.8 Å². The van der Waals surface area contributed by atoms with Crippen molar-refractivity contribution >= 4 is 27.6 Å². The molecule has 1 fully saturated rings. The van der Waals surface area contributed by atoms with E-state index in [4.69, 9.17) is 9.72 Å². The third kappa shape index (κ3) is 4.10. The van der Waals surface area contributed by atoms with Crippen molar-refractivity contribution in [2.75, 3.05) is 13.2 Å². The molecule has 0 spiro atoms. The summed E-state index contributed by atoms with van der Waals surface area (Å²) in [4.78, 5) is 18.0. The van der Waals surface area contributed by atoms with Crippen molar-refractivity contribution in [3.05, 3.63) is 39.4 Å². The molecule has 1 aliphatic heterocycles. The molecule has 0 N–H and O–H groups in total. The number of ether oxygens (including phenoxy) is 1. The third-order valence-electron chi connectivity index (χ3n) is 5.08. The second-order valence-corrected chi connectivity index (χ2v) is 10.4. The van der Waals surface area contributed by atoms with Gasteiger partial charge >= 0.3 is 0 Å². The van der Waals surface area contributed by atoms with E-state index in [1.807, 2.05) is 46.8 Å². The highest BCUT2D eigenvalue weighted by molar-refractivity contribution is 7.85. The summed E-state index contributed by atoms with van der Waals surface area (Å²) >= 11 is 0. The van der Waals surface area contributed by atoms with Crippen LogP contribution in [0.15, 0.2) is 21.3 Å². The molecule has 1 aromatic heterocycles. The summed E-state index contributed by atoms with van der Waals surface area (Å²) in [5.74, 6) is 0.988. The van der Waals surface area contributed by atoms with Crippen molar-refractivity contribution in [3.63, 3.8) is 0 Å². The largest absolute Gasteiger partial charge is 0.381 e. The van der Waals surface area contributed by atoms with E-state index in [2.05, 4.69) is 4.40 Å². The minimum Gasteiger partial charge on any atom is -0.381 e. The molecular weight excluding hydrogens is 374 g/mol. The number of rotatable bonds is 3. The van der Waals surface area contributed by atoms with Crippen molar-refractivity contribution in [1.29, 1.82) is 0 Å². The highest BCUT2D eigenvalue weighted by atomic mass is 32.2. The number of nitrogens with zero attached hydrogens (tertiary/aromatic N) is 3. The molecule has 152 valence electrons. The summed E-state index contributed by atoms with van der Waals surface area (Å²) in [5, 5.41) is 0.574. The first-order chi connectivity index (χ1) is 13.1. The van der Waals surface area contributed by atoms with E-state index in [1.165, 1.54) is 0 Å². The molecule has 0 saturated carbocycles. The summed E-state index contributed by atoms with van der Waals surface area (Å²) in [6.45, 7) is 10.8. The Morgan fingerprint density at radius 2 is 1.93 bits per heavy atom. The number of hydrogen-bond acceptors (Lipinski definition) is 4. The summed E-state index contributed by atoms with van der Waals surface area (Å²) < 4.78 is 23.6. The van der Waals surface area contributed by atoms with Crippen molar-refractivity contribution in [3.8, 4) is 0 Å². The van der Waals surface area contributed by atoms with Crippen LogP contribution in [0.4, 0.5) is 0 Å². The van der Waals surface area contributed by atoms with E-state index < -0.39 is 15.7 Å². The first-order valence-corrected chi connectivity index (χ1v) is 10.8. The molecule has 0 bridgehead atoms. The van der Waals surface area contributed by atoms with Crippen molar-refractivity contribution < 1.29 is 8.95 Å². The van der Waals surface area contributed by atoms with Crippen molar-refractivity contribution in [2.45, 2.75) is 58.1 Å². The molecule has 1 atom stereocenters. The van der Waals surface area contributed by atoms with E-state index in [1.54, 1.807) is 11.6 Å². The molecule has 3 rings (SSSR count). The maximum absolute atomic E-state index is 13.1. The average Bonchev–Trinajstić information content (AvgIpc) is 2.64. The van der Waals surface area contributed by atoms with Gasteiger partial charge in [0, 0.05) is 31.7 Å². The Balaban J connectivity index is 2.23. The maximum Gasteiger partial charge on any atom is 0.261 e. The zero-order valence-corrected chi connectivity index (χ0v) is 18.4. The maximum atomic E-state index is 13.1. The van der Waals surface area contributed by atoms with Gasteiger partial charge in [-0.15, -0.1) is 0 Å². The van der Waals surface area contributed by atoms with Crippen LogP contribution in [0.5, 0.6) is 0 Å². The average molecular weight is 404 g/mol. The zero-order valence-electron chi connectivity index (χ0n) is 17.5. The van der Waals surface area contributed by atoms with Crippen molar-refractivity contribution in [1.82, 2.24) is 9.55 Å². The molecule has 0 unspecified atom stereocenters. The van der Waals surface area contributed by atoms with E-state index in [0.717, 1.165) is 29.8 Å². The molecule has 1 aromatic carbocycles. The molecule has 0 aliphatic carbocycles. The first kappa shape index (κ1) is 20.9. The number of aromatic nitrogens is 2. The van der Waals surface area contributed by atoms with E-state index >= 15 is 0 Å².